The lowest BCUT2D eigenvalue weighted by atomic mass is 9.90. The average Bonchev–Trinajstić information content (AvgIpc) is 3.35. The molecule has 0 atom stereocenters. The van der Waals surface area contributed by atoms with Crippen LogP contribution < -0.4 is 10.5 Å². The zero-order chi connectivity index (χ0) is 25.0. The highest BCUT2D eigenvalue weighted by molar-refractivity contribution is 5.69. The lowest BCUT2D eigenvalue weighted by Gasteiger charge is -2.15. The molecule has 0 saturated carbocycles. The van der Waals surface area contributed by atoms with E-state index < -0.39 is 5.41 Å². The topological polar surface area (TPSA) is 140 Å². The molecule has 10 nitrogen and oxygen atoms in total. The van der Waals surface area contributed by atoms with Crippen molar-refractivity contribution in [3.05, 3.63) is 54.5 Å². The van der Waals surface area contributed by atoms with Gasteiger partial charge in [0.2, 0.25) is 5.89 Å². The summed E-state index contributed by atoms with van der Waals surface area (Å²) in [5, 5.41) is 17.7. The third kappa shape index (κ3) is 5.42. The largest absolute Gasteiger partial charge is 0.492 e. The van der Waals surface area contributed by atoms with Gasteiger partial charge in [-0.25, -0.2) is 9.97 Å². The highest BCUT2D eigenvalue weighted by Crippen LogP contribution is 2.30. The second kappa shape index (κ2) is 9.87. The van der Waals surface area contributed by atoms with Crippen molar-refractivity contribution in [3.63, 3.8) is 0 Å². The van der Waals surface area contributed by atoms with Crippen molar-refractivity contribution in [1.82, 2.24) is 30.0 Å². The van der Waals surface area contributed by atoms with E-state index in [1.54, 1.807) is 18.5 Å². The summed E-state index contributed by atoms with van der Waals surface area (Å²) in [6.45, 7) is 5.04. The number of hydrogen-bond donors (Lipinski definition) is 1. The Kier molecular flexibility index (Phi) is 6.71. The van der Waals surface area contributed by atoms with Gasteiger partial charge >= 0.3 is 0 Å². The van der Waals surface area contributed by atoms with Crippen molar-refractivity contribution in [2.24, 2.45) is 0 Å². The minimum Gasteiger partial charge on any atom is -0.492 e. The van der Waals surface area contributed by atoms with Gasteiger partial charge in [0.25, 0.3) is 5.89 Å². The van der Waals surface area contributed by atoms with Crippen LogP contribution in [0.25, 0.3) is 34.3 Å². The van der Waals surface area contributed by atoms with Crippen molar-refractivity contribution in [2.45, 2.75) is 19.3 Å². The second-order valence-corrected chi connectivity index (χ2v) is 8.74. The van der Waals surface area contributed by atoms with Crippen LogP contribution in [-0.2, 0) is 5.41 Å². The van der Waals surface area contributed by atoms with Gasteiger partial charge < -0.3 is 19.8 Å². The second-order valence-electron chi connectivity index (χ2n) is 8.74. The number of ether oxygens (including phenoxy) is 1. The molecule has 0 fully saturated rings. The average molecular weight is 471 g/mol. The van der Waals surface area contributed by atoms with Crippen LogP contribution in [0.4, 0.5) is 5.82 Å². The first-order valence-corrected chi connectivity index (χ1v) is 11.0. The Morgan fingerprint density at radius 1 is 1.06 bits per heavy atom. The Morgan fingerprint density at radius 2 is 1.80 bits per heavy atom. The number of pyridine rings is 1. The molecule has 10 heteroatoms. The zero-order valence-electron chi connectivity index (χ0n) is 20.1. The molecule has 0 amide bonds. The molecule has 35 heavy (non-hydrogen) atoms. The van der Waals surface area contributed by atoms with Crippen molar-refractivity contribution in [3.8, 4) is 46.1 Å². The molecule has 0 aliphatic heterocycles. The summed E-state index contributed by atoms with van der Waals surface area (Å²) in [4.78, 5) is 15.3. The number of nitrogens with zero attached hydrogens (tertiary/aromatic N) is 7. The maximum Gasteiger partial charge on any atom is 0.270 e. The summed E-state index contributed by atoms with van der Waals surface area (Å²) in [6, 6.07) is 13.3. The van der Waals surface area contributed by atoms with Gasteiger partial charge in [0.05, 0.1) is 29.1 Å². The molecule has 0 bridgehead atoms. The van der Waals surface area contributed by atoms with Crippen molar-refractivity contribution < 1.29 is 9.15 Å². The first-order chi connectivity index (χ1) is 16.8. The molecule has 0 unspecified atom stereocenters. The molecule has 0 radical (unpaired) electrons. The lowest BCUT2D eigenvalue weighted by Crippen LogP contribution is -2.19. The van der Waals surface area contributed by atoms with E-state index in [1.165, 1.54) is 0 Å². The smallest absolute Gasteiger partial charge is 0.270 e. The van der Waals surface area contributed by atoms with Gasteiger partial charge in [-0.1, -0.05) is 0 Å². The predicted molar refractivity (Wildman–Crippen MR) is 131 cm³/mol. The summed E-state index contributed by atoms with van der Waals surface area (Å²) in [5.41, 5.74) is 8.28. The molecule has 1 aromatic carbocycles. The van der Waals surface area contributed by atoms with E-state index in [9.17, 15) is 5.26 Å². The number of nitriles is 1. The number of nitrogen functional groups attached to an aromatic ring is 1. The van der Waals surface area contributed by atoms with Crippen molar-refractivity contribution >= 4 is 5.82 Å². The van der Waals surface area contributed by atoms with Crippen molar-refractivity contribution in [2.75, 3.05) is 33.0 Å². The Labute approximate surface area is 203 Å². The van der Waals surface area contributed by atoms with E-state index in [1.807, 2.05) is 58.3 Å². The van der Waals surface area contributed by atoms with Gasteiger partial charge in [-0.15, -0.1) is 10.2 Å². The summed E-state index contributed by atoms with van der Waals surface area (Å²) >= 11 is 0. The van der Waals surface area contributed by atoms with Gasteiger partial charge in [-0.3, -0.25) is 4.98 Å². The molecule has 0 saturated heterocycles. The minimum atomic E-state index is -0.742. The normalized spacial score (nSPS) is 11.4. The third-order valence-corrected chi connectivity index (χ3v) is 5.31. The fourth-order valence-corrected chi connectivity index (χ4v) is 3.16. The number of benzene rings is 1. The molecule has 2 N–H and O–H groups in total. The maximum absolute atomic E-state index is 9.44. The molecule has 178 valence electrons. The molecule has 0 aliphatic carbocycles. The van der Waals surface area contributed by atoms with Gasteiger partial charge in [0.15, 0.2) is 11.5 Å². The Hall–Kier alpha value is -4.36. The first-order valence-electron chi connectivity index (χ1n) is 11.0. The van der Waals surface area contributed by atoms with E-state index in [0.717, 1.165) is 23.4 Å². The molecular formula is C25H26N8O2. The summed E-state index contributed by atoms with van der Waals surface area (Å²) in [7, 11) is 3.99. The number of aromatic nitrogens is 5. The van der Waals surface area contributed by atoms with Gasteiger partial charge in [-0.05, 0) is 64.3 Å². The van der Waals surface area contributed by atoms with Crippen LogP contribution in [0.3, 0.4) is 0 Å². The fourth-order valence-electron chi connectivity index (χ4n) is 3.16. The molecule has 0 spiro atoms. The highest BCUT2D eigenvalue weighted by atomic mass is 16.5. The molecule has 3 heterocycles. The third-order valence-electron chi connectivity index (χ3n) is 5.31. The maximum atomic E-state index is 9.44. The number of rotatable bonds is 8. The zero-order valence-corrected chi connectivity index (χ0v) is 20.1. The molecule has 4 rings (SSSR count). The molecule has 3 aromatic heterocycles. The lowest BCUT2D eigenvalue weighted by molar-refractivity contribution is 0.261. The van der Waals surface area contributed by atoms with E-state index in [0.29, 0.717) is 23.9 Å². The minimum absolute atomic E-state index is 0.157. The van der Waals surface area contributed by atoms with E-state index in [2.05, 4.69) is 36.1 Å². The first kappa shape index (κ1) is 23.8. The van der Waals surface area contributed by atoms with Crippen LogP contribution >= 0.6 is 0 Å². The SMILES string of the molecule is CN(C)CCOc1ccc(-c2nnc(-c3nc(-c4ccnc(C(C)(C)C#N)c4)cnc3N)o2)cc1. The highest BCUT2D eigenvalue weighted by Gasteiger charge is 2.23. The summed E-state index contributed by atoms with van der Waals surface area (Å²) in [5.74, 6) is 1.41. The summed E-state index contributed by atoms with van der Waals surface area (Å²) in [6.07, 6.45) is 3.20. The monoisotopic (exact) mass is 470 g/mol. The van der Waals surface area contributed by atoms with Gasteiger partial charge in [-0.2, -0.15) is 5.26 Å². The Balaban J connectivity index is 1.58. The Bertz CT molecular complexity index is 1360. The van der Waals surface area contributed by atoms with Gasteiger partial charge in [0.1, 0.15) is 12.4 Å². The molecule has 4 aromatic rings. The van der Waals surface area contributed by atoms with Crippen LogP contribution in [-0.4, -0.2) is 57.3 Å². The van der Waals surface area contributed by atoms with Gasteiger partial charge in [0, 0.05) is 23.9 Å². The molecular weight excluding hydrogens is 444 g/mol. The number of likely N-dealkylation sites (N-methyl/N-ethyl adjacent to an activating group) is 1. The van der Waals surface area contributed by atoms with E-state index >= 15 is 0 Å². The number of anilines is 1. The summed E-state index contributed by atoms with van der Waals surface area (Å²) < 4.78 is 11.6. The Morgan fingerprint density at radius 3 is 2.51 bits per heavy atom. The standard InChI is InChI=1S/C25H26N8O2/c1-25(2,15-26)20-13-17(9-10-28-20)19-14-29-22(27)21(30-19)24-32-31-23(35-24)16-5-7-18(8-6-16)34-12-11-33(3)4/h5-10,13-14H,11-12H2,1-4H3,(H2,27,29). The number of hydrogen-bond acceptors (Lipinski definition) is 10. The van der Waals surface area contributed by atoms with Crippen LogP contribution in [0.15, 0.2) is 53.2 Å². The van der Waals surface area contributed by atoms with Crippen LogP contribution in [0, 0.1) is 11.3 Å². The predicted octanol–water partition coefficient (Wildman–Crippen LogP) is 3.58. The number of nitrogens with two attached hydrogens (primary N) is 1. The fraction of sp³-hybridized carbons (Fsp3) is 0.280. The van der Waals surface area contributed by atoms with E-state index in [4.69, 9.17) is 14.9 Å². The quantitative estimate of drug-likeness (QED) is 0.406. The van der Waals surface area contributed by atoms with E-state index in [-0.39, 0.29) is 17.4 Å². The molecule has 0 aliphatic rings. The van der Waals surface area contributed by atoms with Crippen LogP contribution in [0.2, 0.25) is 0 Å². The van der Waals surface area contributed by atoms with Crippen LogP contribution in [0.5, 0.6) is 5.75 Å². The van der Waals surface area contributed by atoms with Crippen LogP contribution in [0.1, 0.15) is 19.5 Å². The van der Waals surface area contributed by atoms with Crippen molar-refractivity contribution in [1.29, 1.82) is 5.26 Å².